The monoisotopic (exact) mass is 259 g/mol. The molecule has 0 spiro atoms. The second kappa shape index (κ2) is 6.21. The van der Waals surface area contributed by atoms with Crippen molar-refractivity contribution >= 4 is 11.8 Å². The maximum absolute atomic E-state index is 11.6. The van der Waals surface area contributed by atoms with Gasteiger partial charge in [-0.05, 0) is 56.6 Å². The first-order chi connectivity index (χ1) is 9.21. The highest BCUT2D eigenvalue weighted by atomic mass is 16.6. The molecule has 2 N–H and O–H groups in total. The minimum atomic E-state index is -0.433. The molecule has 1 aromatic carbocycles. The lowest BCUT2D eigenvalue weighted by molar-refractivity contribution is 0.0257. The average molecular weight is 259 g/mol. The van der Waals surface area contributed by atoms with Crippen LogP contribution >= 0.6 is 0 Å². The number of nitrogens with one attached hydrogen (secondary N) is 2. The zero-order chi connectivity index (χ0) is 13.7. The number of ether oxygens (including phenoxy) is 1. The van der Waals surface area contributed by atoms with Crippen molar-refractivity contribution in [3.05, 3.63) is 29.8 Å². The van der Waals surface area contributed by atoms with E-state index < -0.39 is 6.09 Å². The van der Waals surface area contributed by atoms with Crippen molar-refractivity contribution in [2.75, 3.05) is 18.9 Å². The molecule has 1 aromatic rings. The second-order valence-corrected chi connectivity index (χ2v) is 4.74. The lowest BCUT2D eigenvalue weighted by Gasteiger charge is -2.34. The van der Waals surface area contributed by atoms with Crippen LogP contribution in [0.2, 0.25) is 0 Å². The number of hydrogen-bond acceptors (Lipinski definition) is 4. The number of anilines is 1. The molecule has 0 bridgehead atoms. The number of rotatable bonds is 4. The van der Waals surface area contributed by atoms with Gasteiger partial charge in [0.15, 0.2) is 0 Å². The van der Waals surface area contributed by atoms with Crippen LogP contribution in [-0.4, -0.2) is 25.8 Å². The standard InChI is InChI=1S/C14H17N3O2/c1-16-9-11-6-13(7-11)19-14(18)17-12-4-2-10(8-15)3-5-12/h2-5,11,13,16H,6-7,9H2,1H3,(H,17,18). The minimum Gasteiger partial charge on any atom is -0.446 e. The molecule has 0 saturated heterocycles. The molecule has 0 heterocycles. The van der Waals surface area contributed by atoms with Gasteiger partial charge in [0, 0.05) is 5.69 Å². The Labute approximate surface area is 112 Å². The number of carbonyl (C=O) groups is 1. The molecule has 0 unspecified atom stereocenters. The Hall–Kier alpha value is -2.06. The lowest BCUT2D eigenvalue weighted by atomic mass is 9.82. The highest BCUT2D eigenvalue weighted by molar-refractivity contribution is 5.84. The predicted molar refractivity (Wildman–Crippen MR) is 71.7 cm³/mol. The van der Waals surface area contributed by atoms with Gasteiger partial charge in [0.25, 0.3) is 0 Å². The van der Waals surface area contributed by atoms with Gasteiger partial charge < -0.3 is 10.1 Å². The van der Waals surface area contributed by atoms with Gasteiger partial charge in [-0.3, -0.25) is 5.32 Å². The SMILES string of the molecule is CNCC1CC(OC(=O)Nc2ccc(C#N)cc2)C1. The summed E-state index contributed by atoms with van der Waals surface area (Å²) in [6.07, 6.45) is 1.43. The summed E-state index contributed by atoms with van der Waals surface area (Å²) in [6, 6.07) is 8.70. The fraction of sp³-hybridized carbons (Fsp3) is 0.429. The Morgan fingerprint density at radius 3 is 2.68 bits per heavy atom. The molecule has 0 aliphatic heterocycles. The fourth-order valence-electron chi connectivity index (χ4n) is 2.15. The van der Waals surface area contributed by atoms with Gasteiger partial charge in [0.2, 0.25) is 0 Å². The lowest BCUT2D eigenvalue weighted by Crippen LogP contribution is -2.38. The van der Waals surface area contributed by atoms with Crippen LogP contribution in [0.4, 0.5) is 10.5 Å². The molecule has 1 fully saturated rings. The van der Waals surface area contributed by atoms with Crippen molar-refractivity contribution in [1.29, 1.82) is 5.26 Å². The third-order valence-corrected chi connectivity index (χ3v) is 3.22. The third kappa shape index (κ3) is 3.70. The van der Waals surface area contributed by atoms with Gasteiger partial charge in [-0.25, -0.2) is 4.79 Å². The van der Waals surface area contributed by atoms with E-state index in [1.807, 2.05) is 13.1 Å². The van der Waals surface area contributed by atoms with Crippen LogP contribution in [0.5, 0.6) is 0 Å². The molecule has 2 rings (SSSR count). The molecule has 100 valence electrons. The largest absolute Gasteiger partial charge is 0.446 e. The summed E-state index contributed by atoms with van der Waals surface area (Å²) in [7, 11) is 1.92. The summed E-state index contributed by atoms with van der Waals surface area (Å²) in [4.78, 5) is 11.6. The summed E-state index contributed by atoms with van der Waals surface area (Å²) < 4.78 is 5.28. The van der Waals surface area contributed by atoms with Gasteiger partial charge in [-0.2, -0.15) is 5.26 Å². The van der Waals surface area contributed by atoms with Gasteiger partial charge in [0.1, 0.15) is 6.10 Å². The van der Waals surface area contributed by atoms with Crippen molar-refractivity contribution < 1.29 is 9.53 Å². The molecule has 1 saturated carbocycles. The van der Waals surface area contributed by atoms with E-state index in [4.69, 9.17) is 10.00 Å². The summed E-state index contributed by atoms with van der Waals surface area (Å²) in [5.41, 5.74) is 1.20. The van der Waals surface area contributed by atoms with E-state index >= 15 is 0 Å². The zero-order valence-electron chi connectivity index (χ0n) is 10.8. The number of hydrogen-bond donors (Lipinski definition) is 2. The van der Waals surface area contributed by atoms with Crippen LogP contribution in [0, 0.1) is 17.2 Å². The van der Waals surface area contributed by atoms with Crippen LogP contribution in [0.15, 0.2) is 24.3 Å². The van der Waals surface area contributed by atoms with Crippen molar-refractivity contribution in [2.24, 2.45) is 5.92 Å². The van der Waals surface area contributed by atoms with Gasteiger partial charge in [-0.15, -0.1) is 0 Å². The van der Waals surface area contributed by atoms with E-state index in [0.717, 1.165) is 19.4 Å². The van der Waals surface area contributed by atoms with E-state index in [0.29, 0.717) is 17.2 Å². The predicted octanol–water partition coefficient (Wildman–Crippen LogP) is 2.10. The van der Waals surface area contributed by atoms with Crippen LogP contribution < -0.4 is 10.6 Å². The quantitative estimate of drug-likeness (QED) is 0.868. The van der Waals surface area contributed by atoms with E-state index in [9.17, 15) is 4.79 Å². The summed E-state index contributed by atoms with van der Waals surface area (Å²) in [6.45, 7) is 0.969. The van der Waals surface area contributed by atoms with E-state index in [2.05, 4.69) is 10.6 Å². The Balaban J connectivity index is 1.74. The van der Waals surface area contributed by atoms with Crippen LogP contribution in [0.1, 0.15) is 18.4 Å². The topological polar surface area (TPSA) is 74.2 Å². The maximum atomic E-state index is 11.6. The molecule has 1 amide bonds. The highest BCUT2D eigenvalue weighted by Gasteiger charge is 2.31. The molecule has 0 aromatic heterocycles. The first-order valence-corrected chi connectivity index (χ1v) is 6.33. The minimum absolute atomic E-state index is 0.0248. The number of benzene rings is 1. The number of carbonyl (C=O) groups excluding carboxylic acids is 1. The van der Waals surface area contributed by atoms with E-state index in [-0.39, 0.29) is 6.10 Å². The molecular formula is C14H17N3O2. The molecule has 1 aliphatic carbocycles. The summed E-state index contributed by atoms with van der Waals surface area (Å²) >= 11 is 0. The Morgan fingerprint density at radius 2 is 2.11 bits per heavy atom. The number of nitriles is 1. The smallest absolute Gasteiger partial charge is 0.411 e. The molecule has 0 atom stereocenters. The van der Waals surface area contributed by atoms with Gasteiger partial charge in [0.05, 0.1) is 11.6 Å². The van der Waals surface area contributed by atoms with E-state index in [1.165, 1.54) is 0 Å². The van der Waals surface area contributed by atoms with Crippen molar-refractivity contribution in [2.45, 2.75) is 18.9 Å². The van der Waals surface area contributed by atoms with Crippen LogP contribution in [0.25, 0.3) is 0 Å². The van der Waals surface area contributed by atoms with Gasteiger partial charge >= 0.3 is 6.09 Å². The van der Waals surface area contributed by atoms with Crippen LogP contribution in [-0.2, 0) is 4.74 Å². The van der Waals surface area contributed by atoms with E-state index in [1.54, 1.807) is 24.3 Å². The van der Waals surface area contributed by atoms with Gasteiger partial charge in [-0.1, -0.05) is 0 Å². The number of nitrogens with zero attached hydrogens (tertiary/aromatic N) is 1. The molecule has 5 nitrogen and oxygen atoms in total. The molecule has 5 heteroatoms. The summed E-state index contributed by atoms with van der Waals surface area (Å²) in [5, 5.41) is 14.4. The maximum Gasteiger partial charge on any atom is 0.411 e. The normalized spacial score (nSPS) is 21.1. The first kappa shape index (κ1) is 13.4. The third-order valence-electron chi connectivity index (χ3n) is 3.22. The van der Waals surface area contributed by atoms with Crippen molar-refractivity contribution in [3.8, 4) is 6.07 Å². The number of amides is 1. The highest BCUT2D eigenvalue weighted by Crippen LogP contribution is 2.29. The fourth-order valence-corrected chi connectivity index (χ4v) is 2.15. The second-order valence-electron chi connectivity index (χ2n) is 4.74. The molecule has 19 heavy (non-hydrogen) atoms. The Morgan fingerprint density at radius 1 is 1.42 bits per heavy atom. The zero-order valence-corrected chi connectivity index (χ0v) is 10.8. The van der Waals surface area contributed by atoms with Crippen molar-refractivity contribution in [3.63, 3.8) is 0 Å². The average Bonchev–Trinajstić information content (AvgIpc) is 2.37. The Kier molecular flexibility index (Phi) is 4.37. The Bertz CT molecular complexity index is 472. The molecule has 1 aliphatic rings. The first-order valence-electron chi connectivity index (χ1n) is 6.33. The summed E-state index contributed by atoms with van der Waals surface area (Å²) in [5.74, 6) is 0.609. The van der Waals surface area contributed by atoms with Crippen molar-refractivity contribution in [1.82, 2.24) is 5.32 Å². The molecular weight excluding hydrogens is 242 g/mol. The van der Waals surface area contributed by atoms with Crippen LogP contribution in [0.3, 0.4) is 0 Å². The molecule has 0 radical (unpaired) electrons.